The molecule has 1 aromatic heterocycles. The van der Waals surface area contributed by atoms with Crippen LogP contribution in [0, 0.1) is 6.92 Å². The van der Waals surface area contributed by atoms with Crippen molar-refractivity contribution in [1.82, 2.24) is 4.98 Å². The first-order chi connectivity index (χ1) is 12.5. The quantitative estimate of drug-likeness (QED) is 0.697. The van der Waals surface area contributed by atoms with E-state index >= 15 is 0 Å². The van der Waals surface area contributed by atoms with Crippen LogP contribution in [-0.2, 0) is 0 Å². The van der Waals surface area contributed by atoms with Crippen LogP contribution in [0.25, 0.3) is 22.2 Å². The minimum Gasteiger partial charge on any atom is -0.494 e. The van der Waals surface area contributed by atoms with Crippen LogP contribution in [0.5, 0.6) is 11.5 Å². The summed E-state index contributed by atoms with van der Waals surface area (Å²) in [5.41, 5.74) is 3.08. The molecule has 1 N–H and O–H groups in total. The summed E-state index contributed by atoms with van der Waals surface area (Å²) in [6.07, 6.45) is 0. The molecule has 2 aromatic carbocycles. The van der Waals surface area contributed by atoms with Gasteiger partial charge in [0.2, 0.25) is 0 Å². The zero-order chi connectivity index (χ0) is 18.7. The fraction of sp³-hybridized carbons (Fsp3) is 0.238. The van der Waals surface area contributed by atoms with Crippen molar-refractivity contribution in [2.75, 3.05) is 13.2 Å². The molecule has 5 heteroatoms. The third kappa shape index (κ3) is 3.33. The van der Waals surface area contributed by atoms with Gasteiger partial charge in [-0.2, -0.15) is 0 Å². The van der Waals surface area contributed by atoms with Crippen LogP contribution >= 0.6 is 0 Å². The van der Waals surface area contributed by atoms with Gasteiger partial charge in [0.15, 0.2) is 0 Å². The first kappa shape index (κ1) is 17.7. The summed E-state index contributed by atoms with van der Waals surface area (Å²) < 4.78 is 11.3. The number of benzene rings is 2. The topological polar surface area (TPSA) is 68.7 Å². The number of fused-ring (bicyclic) bond motifs is 1. The first-order valence-electron chi connectivity index (χ1n) is 8.58. The molecule has 0 saturated carbocycles. The molecule has 3 aromatic rings. The van der Waals surface area contributed by atoms with Crippen LogP contribution < -0.4 is 9.47 Å². The largest absolute Gasteiger partial charge is 0.494 e. The summed E-state index contributed by atoms with van der Waals surface area (Å²) in [6, 6.07) is 12.6. The molecular formula is C21H21NO4. The Morgan fingerprint density at radius 1 is 1.08 bits per heavy atom. The summed E-state index contributed by atoms with van der Waals surface area (Å²) in [6.45, 7) is 6.78. The summed E-state index contributed by atoms with van der Waals surface area (Å²) in [7, 11) is 0. The van der Waals surface area contributed by atoms with E-state index < -0.39 is 5.97 Å². The monoisotopic (exact) mass is 351 g/mol. The van der Waals surface area contributed by atoms with Gasteiger partial charge in [0, 0.05) is 10.9 Å². The zero-order valence-corrected chi connectivity index (χ0v) is 15.1. The van der Waals surface area contributed by atoms with Gasteiger partial charge in [0.05, 0.1) is 30.0 Å². The number of aryl methyl sites for hydroxylation is 1. The molecule has 3 rings (SSSR count). The number of aromatic nitrogens is 1. The predicted octanol–water partition coefficient (Wildman–Crippen LogP) is 4.71. The fourth-order valence-corrected chi connectivity index (χ4v) is 2.95. The highest BCUT2D eigenvalue weighted by atomic mass is 16.5. The molecule has 0 radical (unpaired) electrons. The SMILES string of the molecule is CCOc1ccc(OCC)c(-c2cc(C(=O)O)c3cccc(C)c3n2)c1. The van der Waals surface area contributed by atoms with Gasteiger partial charge in [-0.1, -0.05) is 18.2 Å². The Morgan fingerprint density at radius 2 is 1.85 bits per heavy atom. The highest BCUT2D eigenvalue weighted by Gasteiger charge is 2.17. The van der Waals surface area contributed by atoms with Gasteiger partial charge >= 0.3 is 5.97 Å². The van der Waals surface area contributed by atoms with Crippen molar-refractivity contribution in [2.45, 2.75) is 20.8 Å². The highest BCUT2D eigenvalue weighted by molar-refractivity contribution is 6.04. The van der Waals surface area contributed by atoms with E-state index in [1.54, 1.807) is 12.1 Å². The number of rotatable bonds is 6. The molecule has 0 atom stereocenters. The maximum absolute atomic E-state index is 11.8. The summed E-state index contributed by atoms with van der Waals surface area (Å²) in [5, 5.41) is 10.3. The lowest BCUT2D eigenvalue weighted by Crippen LogP contribution is -2.02. The number of hydrogen-bond donors (Lipinski definition) is 1. The molecule has 134 valence electrons. The Hall–Kier alpha value is -3.08. The molecule has 0 bridgehead atoms. The minimum absolute atomic E-state index is 0.220. The van der Waals surface area contributed by atoms with Crippen LogP contribution in [-0.4, -0.2) is 29.3 Å². The Bertz CT molecular complexity index is 966. The van der Waals surface area contributed by atoms with E-state index in [2.05, 4.69) is 0 Å². The van der Waals surface area contributed by atoms with Crippen LogP contribution in [0.15, 0.2) is 42.5 Å². The van der Waals surface area contributed by atoms with Gasteiger partial charge in [-0.15, -0.1) is 0 Å². The lowest BCUT2D eigenvalue weighted by molar-refractivity contribution is 0.0699. The molecule has 0 amide bonds. The number of aromatic carboxylic acids is 1. The van der Waals surface area contributed by atoms with Crippen molar-refractivity contribution < 1.29 is 19.4 Å². The second kappa shape index (κ2) is 7.44. The van der Waals surface area contributed by atoms with Crippen molar-refractivity contribution in [3.8, 4) is 22.8 Å². The number of carboxylic acid groups (broad SMARTS) is 1. The number of pyridine rings is 1. The molecule has 0 aliphatic carbocycles. The summed E-state index contributed by atoms with van der Waals surface area (Å²) in [5.74, 6) is 0.352. The van der Waals surface area contributed by atoms with E-state index in [0.717, 1.165) is 5.56 Å². The van der Waals surface area contributed by atoms with Crippen LogP contribution in [0.2, 0.25) is 0 Å². The van der Waals surface area contributed by atoms with Gasteiger partial charge < -0.3 is 14.6 Å². The molecule has 1 heterocycles. The van der Waals surface area contributed by atoms with Crippen molar-refractivity contribution in [3.63, 3.8) is 0 Å². The van der Waals surface area contributed by atoms with Gasteiger partial charge in [0.25, 0.3) is 0 Å². The molecule has 0 aliphatic heterocycles. The molecule has 0 aliphatic rings. The van der Waals surface area contributed by atoms with E-state index in [4.69, 9.17) is 14.5 Å². The third-order valence-electron chi connectivity index (χ3n) is 4.11. The van der Waals surface area contributed by atoms with Gasteiger partial charge in [-0.05, 0) is 50.6 Å². The molecule has 0 unspecified atom stereocenters. The number of para-hydroxylation sites is 1. The van der Waals surface area contributed by atoms with Crippen LogP contribution in [0.1, 0.15) is 29.8 Å². The normalized spacial score (nSPS) is 10.7. The Balaban J connectivity index is 2.29. The zero-order valence-electron chi connectivity index (χ0n) is 15.1. The van der Waals surface area contributed by atoms with E-state index in [-0.39, 0.29) is 5.56 Å². The van der Waals surface area contributed by atoms with Crippen molar-refractivity contribution in [3.05, 3.63) is 53.6 Å². The molecular weight excluding hydrogens is 330 g/mol. The summed E-state index contributed by atoms with van der Waals surface area (Å²) >= 11 is 0. The average molecular weight is 351 g/mol. The number of hydrogen-bond acceptors (Lipinski definition) is 4. The molecule has 0 spiro atoms. The van der Waals surface area contributed by atoms with Crippen molar-refractivity contribution in [1.29, 1.82) is 0 Å². The van der Waals surface area contributed by atoms with Crippen LogP contribution in [0.4, 0.5) is 0 Å². The number of ether oxygens (including phenoxy) is 2. The second-order valence-corrected chi connectivity index (χ2v) is 5.86. The number of nitrogens with zero attached hydrogens (tertiary/aromatic N) is 1. The van der Waals surface area contributed by atoms with Gasteiger partial charge in [0.1, 0.15) is 11.5 Å². The summed E-state index contributed by atoms with van der Waals surface area (Å²) in [4.78, 5) is 16.5. The van der Waals surface area contributed by atoms with Crippen molar-refractivity contribution >= 4 is 16.9 Å². The lowest BCUT2D eigenvalue weighted by atomic mass is 10.0. The standard InChI is InChI=1S/C21H21NO4/c1-4-25-14-9-10-19(26-5-2)17(11-14)18-12-16(21(23)24)15-8-6-7-13(3)20(15)22-18/h6-12H,4-5H2,1-3H3,(H,23,24). The Morgan fingerprint density at radius 3 is 2.54 bits per heavy atom. The van der Waals surface area contributed by atoms with Crippen molar-refractivity contribution in [2.24, 2.45) is 0 Å². The predicted molar refractivity (Wildman–Crippen MR) is 101 cm³/mol. The van der Waals surface area contributed by atoms with E-state index in [1.807, 2.05) is 51.1 Å². The van der Waals surface area contributed by atoms with Gasteiger partial charge in [-0.25, -0.2) is 9.78 Å². The Kier molecular flexibility index (Phi) is 5.07. The molecule has 0 saturated heterocycles. The number of carboxylic acids is 1. The third-order valence-corrected chi connectivity index (χ3v) is 4.11. The average Bonchev–Trinajstić information content (AvgIpc) is 2.63. The Labute approximate surface area is 152 Å². The molecule has 0 fully saturated rings. The second-order valence-electron chi connectivity index (χ2n) is 5.86. The lowest BCUT2D eigenvalue weighted by Gasteiger charge is -2.14. The molecule has 26 heavy (non-hydrogen) atoms. The maximum atomic E-state index is 11.8. The smallest absolute Gasteiger partial charge is 0.336 e. The minimum atomic E-state index is -0.983. The number of carbonyl (C=O) groups is 1. The van der Waals surface area contributed by atoms with E-state index in [0.29, 0.717) is 46.9 Å². The highest BCUT2D eigenvalue weighted by Crippen LogP contribution is 2.35. The van der Waals surface area contributed by atoms with Crippen LogP contribution in [0.3, 0.4) is 0 Å². The van der Waals surface area contributed by atoms with Gasteiger partial charge in [-0.3, -0.25) is 0 Å². The first-order valence-corrected chi connectivity index (χ1v) is 8.58. The van der Waals surface area contributed by atoms with E-state index in [9.17, 15) is 9.90 Å². The van der Waals surface area contributed by atoms with E-state index in [1.165, 1.54) is 0 Å². The fourth-order valence-electron chi connectivity index (χ4n) is 2.95. The molecule has 5 nitrogen and oxygen atoms in total. The maximum Gasteiger partial charge on any atom is 0.336 e.